The highest BCUT2D eigenvalue weighted by molar-refractivity contribution is 7.80. The van der Waals surface area contributed by atoms with Crippen molar-refractivity contribution in [2.24, 2.45) is 0 Å². The molecular weight excluding hydrogens is 466 g/mol. The van der Waals surface area contributed by atoms with E-state index in [1.54, 1.807) is 18.2 Å². The minimum absolute atomic E-state index is 0.00898. The largest absolute Gasteiger partial charge is 0.494 e. The van der Waals surface area contributed by atoms with E-state index >= 15 is 0 Å². The van der Waals surface area contributed by atoms with Gasteiger partial charge in [0.05, 0.1) is 37.6 Å². The highest BCUT2D eigenvalue weighted by Gasteiger charge is 2.23. The number of aromatic amines is 1. The maximum Gasteiger partial charge on any atom is 0.339 e. The molecule has 0 amide bonds. The van der Waals surface area contributed by atoms with Crippen LogP contribution < -0.4 is 15.6 Å². The topological polar surface area (TPSA) is 92.9 Å². The van der Waals surface area contributed by atoms with E-state index in [-0.39, 0.29) is 18.2 Å². The second-order valence-corrected chi connectivity index (χ2v) is 8.68. The van der Waals surface area contributed by atoms with Crippen molar-refractivity contribution in [2.45, 2.75) is 32.4 Å². The van der Waals surface area contributed by atoms with Crippen LogP contribution in [0.4, 0.5) is 5.69 Å². The molecule has 184 valence electrons. The van der Waals surface area contributed by atoms with E-state index in [1.165, 1.54) is 7.11 Å². The van der Waals surface area contributed by atoms with Gasteiger partial charge in [-0.05, 0) is 68.4 Å². The Labute approximate surface area is 209 Å². The molecule has 1 fully saturated rings. The Morgan fingerprint density at radius 1 is 1.26 bits per heavy atom. The Morgan fingerprint density at radius 3 is 2.83 bits per heavy atom. The molecule has 2 N–H and O–H groups in total. The number of methoxy groups -OCH3 is 1. The number of esters is 1. The van der Waals surface area contributed by atoms with Gasteiger partial charge in [-0.15, -0.1) is 0 Å². The number of ether oxygens (including phenoxy) is 3. The average Bonchev–Trinajstić information content (AvgIpc) is 3.37. The summed E-state index contributed by atoms with van der Waals surface area (Å²) in [5.41, 5.74) is 2.03. The van der Waals surface area contributed by atoms with Crippen LogP contribution in [0.25, 0.3) is 10.9 Å². The number of anilines is 1. The van der Waals surface area contributed by atoms with E-state index in [4.69, 9.17) is 26.4 Å². The van der Waals surface area contributed by atoms with Gasteiger partial charge in [0.1, 0.15) is 5.75 Å². The van der Waals surface area contributed by atoms with E-state index in [1.807, 2.05) is 42.2 Å². The van der Waals surface area contributed by atoms with Gasteiger partial charge in [-0.25, -0.2) is 4.79 Å². The number of H-pyrrole nitrogens is 1. The van der Waals surface area contributed by atoms with Crippen molar-refractivity contribution in [1.29, 1.82) is 0 Å². The molecule has 1 aliphatic rings. The first kappa shape index (κ1) is 24.7. The van der Waals surface area contributed by atoms with Crippen molar-refractivity contribution in [2.75, 3.05) is 32.2 Å². The van der Waals surface area contributed by atoms with Crippen molar-refractivity contribution >= 4 is 39.9 Å². The van der Waals surface area contributed by atoms with Crippen LogP contribution in [-0.2, 0) is 16.0 Å². The van der Waals surface area contributed by atoms with E-state index in [0.717, 1.165) is 29.5 Å². The lowest BCUT2D eigenvalue weighted by atomic mass is 10.1. The van der Waals surface area contributed by atoms with Crippen LogP contribution in [0, 0.1) is 0 Å². The molecule has 8 nitrogen and oxygen atoms in total. The molecule has 0 radical (unpaired) electrons. The van der Waals surface area contributed by atoms with Gasteiger partial charge in [0, 0.05) is 29.6 Å². The molecule has 35 heavy (non-hydrogen) atoms. The monoisotopic (exact) mass is 495 g/mol. The zero-order chi connectivity index (χ0) is 24.8. The summed E-state index contributed by atoms with van der Waals surface area (Å²) in [7, 11) is 1.34. The number of nitrogens with zero attached hydrogens (tertiary/aromatic N) is 1. The molecule has 2 heterocycles. The zero-order valence-electron chi connectivity index (χ0n) is 19.8. The van der Waals surface area contributed by atoms with Crippen LogP contribution in [0.2, 0.25) is 0 Å². The summed E-state index contributed by atoms with van der Waals surface area (Å²) < 4.78 is 16.3. The van der Waals surface area contributed by atoms with Gasteiger partial charge in [-0.1, -0.05) is 12.1 Å². The smallest absolute Gasteiger partial charge is 0.339 e. The van der Waals surface area contributed by atoms with E-state index < -0.39 is 5.97 Å². The number of benzene rings is 2. The number of para-hydroxylation sites is 1. The van der Waals surface area contributed by atoms with Crippen molar-refractivity contribution in [3.05, 3.63) is 70.0 Å². The van der Waals surface area contributed by atoms with Crippen LogP contribution in [-0.4, -0.2) is 53.9 Å². The molecule has 1 atom stereocenters. The Morgan fingerprint density at radius 2 is 2.09 bits per heavy atom. The van der Waals surface area contributed by atoms with Crippen molar-refractivity contribution in [3.8, 4) is 5.75 Å². The SMILES string of the molecule is CCOc1ccc2[nH]c(=O)c(CN(CC3CCCO3)C(=S)Nc3ccccc3C(=O)OC)cc2c1. The summed E-state index contributed by atoms with van der Waals surface area (Å²) in [6.07, 6.45) is 1.92. The molecule has 1 aliphatic heterocycles. The molecule has 1 saturated heterocycles. The molecule has 0 aliphatic carbocycles. The molecule has 3 aromatic rings. The average molecular weight is 496 g/mol. The Bertz CT molecular complexity index is 1270. The summed E-state index contributed by atoms with van der Waals surface area (Å²) >= 11 is 5.74. The van der Waals surface area contributed by atoms with Gasteiger partial charge >= 0.3 is 5.97 Å². The molecule has 1 unspecified atom stereocenters. The van der Waals surface area contributed by atoms with E-state index in [0.29, 0.717) is 41.7 Å². The van der Waals surface area contributed by atoms with Gasteiger partial charge < -0.3 is 29.4 Å². The number of aromatic nitrogens is 1. The number of thiocarbonyl (C=S) groups is 1. The molecule has 9 heteroatoms. The minimum Gasteiger partial charge on any atom is -0.494 e. The van der Waals surface area contributed by atoms with Crippen LogP contribution in [0.5, 0.6) is 5.75 Å². The predicted molar refractivity (Wildman–Crippen MR) is 139 cm³/mol. The van der Waals surface area contributed by atoms with Crippen molar-refractivity contribution in [3.63, 3.8) is 0 Å². The highest BCUT2D eigenvalue weighted by Crippen LogP contribution is 2.22. The summed E-state index contributed by atoms with van der Waals surface area (Å²) in [6, 6.07) is 14.5. The molecule has 0 spiro atoms. The van der Waals surface area contributed by atoms with Gasteiger partial charge in [0.2, 0.25) is 0 Å². The van der Waals surface area contributed by atoms with Crippen LogP contribution in [0.1, 0.15) is 35.7 Å². The third kappa shape index (κ3) is 5.98. The molecule has 1 aromatic heterocycles. The number of rotatable bonds is 8. The second kappa shape index (κ2) is 11.3. The second-order valence-electron chi connectivity index (χ2n) is 8.29. The number of nitrogens with one attached hydrogen (secondary N) is 2. The van der Waals surface area contributed by atoms with E-state index in [2.05, 4.69) is 10.3 Å². The van der Waals surface area contributed by atoms with E-state index in [9.17, 15) is 9.59 Å². The Hall–Kier alpha value is -3.43. The minimum atomic E-state index is -0.461. The van der Waals surface area contributed by atoms with Crippen molar-refractivity contribution < 1.29 is 19.0 Å². The Kier molecular flexibility index (Phi) is 7.99. The fourth-order valence-electron chi connectivity index (χ4n) is 4.14. The summed E-state index contributed by atoms with van der Waals surface area (Å²) in [5.74, 6) is 0.281. The normalized spacial score (nSPS) is 15.1. The standard InChI is InChI=1S/C26H29N3O5S/c1-3-33-19-10-11-22-17(14-19)13-18(24(30)27-22)15-29(16-20-7-6-12-34-20)26(35)28-23-9-5-4-8-21(23)25(31)32-2/h4-5,8-11,13-14,20H,3,6-7,12,15-16H2,1-2H3,(H,27,30)(H,28,35). The lowest BCUT2D eigenvalue weighted by Crippen LogP contribution is -2.40. The molecule has 0 saturated carbocycles. The number of carbonyl (C=O) groups excluding carboxylic acids is 1. The molecular formula is C26H29N3O5S. The third-order valence-electron chi connectivity index (χ3n) is 5.87. The Balaban J connectivity index is 1.62. The van der Waals surface area contributed by atoms with Crippen LogP contribution in [0.15, 0.2) is 53.3 Å². The maximum absolute atomic E-state index is 12.9. The van der Waals surface area contributed by atoms with Crippen molar-refractivity contribution in [1.82, 2.24) is 9.88 Å². The van der Waals surface area contributed by atoms with Gasteiger partial charge in [0.15, 0.2) is 5.11 Å². The van der Waals surface area contributed by atoms with Crippen LogP contribution >= 0.6 is 12.2 Å². The predicted octanol–water partition coefficient (Wildman–Crippen LogP) is 4.09. The summed E-state index contributed by atoms with van der Waals surface area (Å²) in [6.45, 7) is 3.99. The number of hydrogen-bond acceptors (Lipinski definition) is 6. The fourth-order valence-corrected chi connectivity index (χ4v) is 4.39. The number of pyridine rings is 1. The first-order chi connectivity index (χ1) is 17.0. The lowest BCUT2D eigenvalue weighted by molar-refractivity contribution is 0.0602. The highest BCUT2D eigenvalue weighted by atomic mass is 32.1. The maximum atomic E-state index is 12.9. The number of fused-ring (bicyclic) bond motifs is 1. The van der Waals surface area contributed by atoms with Gasteiger partial charge in [-0.2, -0.15) is 0 Å². The quantitative estimate of drug-likeness (QED) is 0.357. The number of carbonyl (C=O) groups is 1. The first-order valence-corrected chi connectivity index (χ1v) is 12.0. The van der Waals surface area contributed by atoms with Gasteiger partial charge in [-0.3, -0.25) is 4.79 Å². The fraction of sp³-hybridized carbons (Fsp3) is 0.346. The summed E-state index contributed by atoms with van der Waals surface area (Å²) in [5, 5.41) is 4.43. The zero-order valence-corrected chi connectivity index (χ0v) is 20.7. The lowest BCUT2D eigenvalue weighted by Gasteiger charge is -2.28. The summed E-state index contributed by atoms with van der Waals surface area (Å²) in [4.78, 5) is 30.0. The third-order valence-corrected chi connectivity index (χ3v) is 6.23. The van der Waals surface area contributed by atoms with Gasteiger partial charge in [0.25, 0.3) is 5.56 Å². The molecule has 0 bridgehead atoms. The van der Waals surface area contributed by atoms with Crippen LogP contribution in [0.3, 0.4) is 0 Å². The number of hydrogen-bond donors (Lipinski definition) is 2. The molecule has 4 rings (SSSR count). The first-order valence-electron chi connectivity index (χ1n) is 11.6. The molecule has 2 aromatic carbocycles.